The molecule has 0 spiro atoms. The molecule has 0 aliphatic heterocycles. The van der Waals surface area contributed by atoms with Crippen molar-refractivity contribution in [1.29, 1.82) is 0 Å². The summed E-state index contributed by atoms with van der Waals surface area (Å²) in [6.07, 6.45) is 1.64. The second-order valence-corrected chi connectivity index (χ2v) is 5.14. The highest BCUT2D eigenvalue weighted by molar-refractivity contribution is 14.0. The van der Waals surface area contributed by atoms with Crippen LogP contribution in [0.4, 0.5) is 0 Å². The van der Waals surface area contributed by atoms with E-state index in [1.165, 1.54) is 6.33 Å². The highest BCUT2D eigenvalue weighted by atomic mass is 127. The van der Waals surface area contributed by atoms with Gasteiger partial charge in [-0.1, -0.05) is 30.3 Å². The average molecular weight is 444 g/mol. The molecule has 1 aromatic carbocycles. The number of halogens is 1. The van der Waals surface area contributed by atoms with Crippen LogP contribution in [0.3, 0.4) is 0 Å². The van der Waals surface area contributed by atoms with Gasteiger partial charge in [0, 0.05) is 20.1 Å². The predicted molar refractivity (Wildman–Crippen MR) is 105 cm³/mol. The van der Waals surface area contributed by atoms with Crippen LogP contribution >= 0.6 is 24.0 Å². The quantitative estimate of drug-likeness (QED) is 0.343. The van der Waals surface area contributed by atoms with Crippen LogP contribution < -0.4 is 10.6 Å². The maximum atomic E-state index is 10.2. The zero-order valence-electron chi connectivity index (χ0n) is 14.0. The van der Waals surface area contributed by atoms with Crippen molar-refractivity contribution in [3.05, 3.63) is 48.0 Å². The molecule has 0 saturated heterocycles. The third-order valence-corrected chi connectivity index (χ3v) is 3.42. The van der Waals surface area contributed by atoms with Gasteiger partial charge in [-0.3, -0.25) is 4.68 Å². The number of aliphatic imine (C=N–C) groups is 1. The zero-order valence-corrected chi connectivity index (χ0v) is 16.3. The summed E-state index contributed by atoms with van der Waals surface area (Å²) in [7, 11) is 1.84. The van der Waals surface area contributed by atoms with E-state index >= 15 is 0 Å². The van der Waals surface area contributed by atoms with Crippen molar-refractivity contribution in [3.63, 3.8) is 0 Å². The molecule has 24 heavy (non-hydrogen) atoms. The lowest BCUT2D eigenvalue weighted by Crippen LogP contribution is -2.38. The monoisotopic (exact) mass is 444 g/mol. The standard InChI is InChI=1S/C16H24N6O.HI/c1-3-17-16(19-11-15-20-12-21-22(15)2)18-10-9-14(23)13-7-5-4-6-8-13;/h4-8,12,14,23H,3,9-11H2,1-2H3,(H2,17,18,19);1H. The zero-order chi connectivity index (χ0) is 16.5. The fourth-order valence-corrected chi connectivity index (χ4v) is 2.12. The van der Waals surface area contributed by atoms with Crippen LogP contribution in [0.2, 0.25) is 0 Å². The molecule has 0 radical (unpaired) electrons. The smallest absolute Gasteiger partial charge is 0.191 e. The molecule has 1 heterocycles. The number of nitrogens with one attached hydrogen (secondary N) is 2. The molecular formula is C16H25IN6O. The molecule has 7 nitrogen and oxygen atoms in total. The number of rotatable bonds is 7. The molecule has 0 amide bonds. The number of benzene rings is 1. The number of hydrogen-bond donors (Lipinski definition) is 3. The topological polar surface area (TPSA) is 87.4 Å². The lowest BCUT2D eigenvalue weighted by molar-refractivity contribution is 0.168. The van der Waals surface area contributed by atoms with Crippen molar-refractivity contribution < 1.29 is 5.11 Å². The van der Waals surface area contributed by atoms with Crippen molar-refractivity contribution in [2.24, 2.45) is 12.0 Å². The summed E-state index contributed by atoms with van der Waals surface area (Å²) in [5.74, 6) is 1.50. The van der Waals surface area contributed by atoms with Gasteiger partial charge < -0.3 is 15.7 Å². The molecular weight excluding hydrogens is 419 g/mol. The van der Waals surface area contributed by atoms with Crippen LogP contribution in [-0.4, -0.2) is 38.9 Å². The van der Waals surface area contributed by atoms with Crippen LogP contribution in [0.15, 0.2) is 41.7 Å². The van der Waals surface area contributed by atoms with Gasteiger partial charge in [-0.25, -0.2) is 9.98 Å². The second-order valence-electron chi connectivity index (χ2n) is 5.14. The minimum Gasteiger partial charge on any atom is -0.388 e. The third kappa shape index (κ3) is 6.44. The first kappa shape index (κ1) is 20.4. The van der Waals surface area contributed by atoms with Gasteiger partial charge >= 0.3 is 0 Å². The van der Waals surface area contributed by atoms with Crippen LogP contribution in [0.5, 0.6) is 0 Å². The van der Waals surface area contributed by atoms with E-state index < -0.39 is 6.10 Å². The summed E-state index contributed by atoms with van der Waals surface area (Å²) in [5.41, 5.74) is 0.926. The Labute approximate surface area is 159 Å². The van der Waals surface area contributed by atoms with Crippen molar-refractivity contribution in [1.82, 2.24) is 25.4 Å². The first-order valence-electron chi connectivity index (χ1n) is 7.78. The lowest BCUT2D eigenvalue weighted by atomic mass is 10.1. The fourth-order valence-electron chi connectivity index (χ4n) is 2.12. The van der Waals surface area contributed by atoms with E-state index in [4.69, 9.17) is 0 Å². The summed E-state index contributed by atoms with van der Waals surface area (Å²) in [6.45, 7) is 3.86. The molecule has 1 aromatic heterocycles. The van der Waals surface area contributed by atoms with Gasteiger partial charge in [0.1, 0.15) is 18.7 Å². The van der Waals surface area contributed by atoms with E-state index in [0.29, 0.717) is 25.5 Å². The Kier molecular flexibility index (Phi) is 9.31. The maximum Gasteiger partial charge on any atom is 0.191 e. The number of aromatic nitrogens is 3. The molecule has 1 atom stereocenters. The van der Waals surface area contributed by atoms with Crippen LogP contribution in [0.1, 0.15) is 30.8 Å². The van der Waals surface area contributed by atoms with Gasteiger partial charge in [-0.2, -0.15) is 5.10 Å². The van der Waals surface area contributed by atoms with E-state index in [-0.39, 0.29) is 24.0 Å². The molecule has 0 bridgehead atoms. The van der Waals surface area contributed by atoms with Crippen molar-refractivity contribution in [2.75, 3.05) is 13.1 Å². The lowest BCUT2D eigenvalue weighted by Gasteiger charge is -2.14. The van der Waals surface area contributed by atoms with Crippen molar-refractivity contribution in [2.45, 2.75) is 26.0 Å². The van der Waals surface area contributed by atoms with Gasteiger partial charge in [-0.15, -0.1) is 24.0 Å². The summed E-state index contributed by atoms with van der Waals surface area (Å²) in [6, 6.07) is 9.66. The van der Waals surface area contributed by atoms with E-state index in [2.05, 4.69) is 25.7 Å². The molecule has 8 heteroatoms. The highest BCUT2D eigenvalue weighted by Crippen LogP contribution is 2.14. The first-order valence-corrected chi connectivity index (χ1v) is 7.78. The summed E-state index contributed by atoms with van der Waals surface area (Å²) >= 11 is 0. The van der Waals surface area contributed by atoms with Gasteiger partial charge in [0.05, 0.1) is 6.10 Å². The number of aliphatic hydroxyl groups excluding tert-OH is 1. The Hall–Kier alpha value is -1.68. The van der Waals surface area contributed by atoms with E-state index in [1.807, 2.05) is 44.3 Å². The molecule has 2 rings (SSSR count). The van der Waals surface area contributed by atoms with E-state index in [9.17, 15) is 5.11 Å². The number of hydrogen-bond acceptors (Lipinski definition) is 4. The number of aliphatic hydroxyl groups is 1. The molecule has 3 N–H and O–H groups in total. The SMILES string of the molecule is CCNC(=NCc1ncnn1C)NCCC(O)c1ccccc1.I. The molecule has 0 aliphatic carbocycles. The van der Waals surface area contributed by atoms with Gasteiger partial charge in [-0.05, 0) is 18.9 Å². The fraction of sp³-hybridized carbons (Fsp3) is 0.438. The third-order valence-electron chi connectivity index (χ3n) is 3.42. The Morgan fingerprint density at radius 2 is 2.04 bits per heavy atom. The van der Waals surface area contributed by atoms with Gasteiger partial charge in [0.2, 0.25) is 0 Å². The summed E-state index contributed by atoms with van der Waals surface area (Å²) in [4.78, 5) is 8.62. The molecule has 1 unspecified atom stereocenters. The second kappa shape index (κ2) is 11.0. The van der Waals surface area contributed by atoms with Crippen LogP contribution in [-0.2, 0) is 13.6 Å². The molecule has 0 saturated carbocycles. The summed E-state index contributed by atoms with van der Waals surface area (Å²) < 4.78 is 1.70. The Morgan fingerprint density at radius 3 is 2.67 bits per heavy atom. The number of aryl methyl sites for hydroxylation is 1. The van der Waals surface area contributed by atoms with Gasteiger partial charge in [0.25, 0.3) is 0 Å². The normalized spacial score (nSPS) is 12.4. The molecule has 0 aliphatic rings. The molecule has 132 valence electrons. The van der Waals surface area contributed by atoms with Crippen LogP contribution in [0, 0.1) is 0 Å². The van der Waals surface area contributed by atoms with Crippen molar-refractivity contribution in [3.8, 4) is 0 Å². The first-order chi connectivity index (χ1) is 11.2. The predicted octanol–water partition coefficient (Wildman–Crippen LogP) is 1.61. The Bertz CT molecular complexity index is 616. The number of guanidine groups is 1. The van der Waals surface area contributed by atoms with E-state index in [0.717, 1.165) is 17.9 Å². The van der Waals surface area contributed by atoms with Gasteiger partial charge in [0.15, 0.2) is 5.96 Å². The number of nitrogens with zero attached hydrogens (tertiary/aromatic N) is 4. The van der Waals surface area contributed by atoms with Crippen LogP contribution in [0.25, 0.3) is 0 Å². The van der Waals surface area contributed by atoms with Crippen molar-refractivity contribution >= 4 is 29.9 Å². The molecule has 2 aromatic rings. The Morgan fingerprint density at radius 1 is 1.29 bits per heavy atom. The minimum atomic E-state index is -0.481. The minimum absolute atomic E-state index is 0. The maximum absolute atomic E-state index is 10.2. The molecule has 0 fully saturated rings. The Balaban J connectivity index is 0.00000288. The summed E-state index contributed by atoms with van der Waals surface area (Å²) in [5, 5.41) is 20.6. The average Bonchev–Trinajstić information content (AvgIpc) is 2.98. The highest BCUT2D eigenvalue weighted by Gasteiger charge is 2.07. The van der Waals surface area contributed by atoms with E-state index in [1.54, 1.807) is 4.68 Å². The largest absolute Gasteiger partial charge is 0.388 e.